The van der Waals surface area contributed by atoms with Crippen molar-refractivity contribution in [2.75, 3.05) is 6.61 Å². The van der Waals surface area contributed by atoms with E-state index in [4.69, 9.17) is 0 Å². The fourth-order valence-electron chi connectivity index (χ4n) is 9.64. The van der Waals surface area contributed by atoms with Crippen LogP contribution in [0.3, 0.4) is 0 Å². The summed E-state index contributed by atoms with van der Waals surface area (Å²) >= 11 is 0. The van der Waals surface area contributed by atoms with Crippen molar-refractivity contribution in [1.29, 1.82) is 0 Å². The van der Waals surface area contributed by atoms with Crippen LogP contribution in [0.4, 0.5) is 13.2 Å². The van der Waals surface area contributed by atoms with Crippen molar-refractivity contribution in [3.05, 3.63) is 0 Å². The summed E-state index contributed by atoms with van der Waals surface area (Å²) in [6, 6.07) is 0. The Morgan fingerprint density at radius 1 is 0.912 bits per heavy atom. The number of esters is 1. The van der Waals surface area contributed by atoms with Gasteiger partial charge in [0.25, 0.3) is 0 Å². The third-order valence-corrected chi connectivity index (χ3v) is 11.4. The highest BCUT2D eigenvalue weighted by Gasteiger charge is 2.60. The van der Waals surface area contributed by atoms with Gasteiger partial charge in [0, 0.05) is 0 Å². The molecular formula is C29H47F3O2. The van der Waals surface area contributed by atoms with Crippen LogP contribution in [0.1, 0.15) is 111 Å². The number of carbonyl (C=O) groups excluding carboxylic acids is 1. The molecule has 196 valence electrons. The summed E-state index contributed by atoms with van der Waals surface area (Å²) in [7, 11) is 0. The van der Waals surface area contributed by atoms with Gasteiger partial charge in [-0.1, -0.05) is 53.4 Å². The first-order chi connectivity index (χ1) is 16.0. The number of halogens is 3. The predicted molar refractivity (Wildman–Crippen MR) is 129 cm³/mol. The Bertz CT molecular complexity index is 721. The maximum Gasteiger partial charge on any atom is 0.490 e. The molecule has 34 heavy (non-hydrogen) atoms. The second-order valence-electron chi connectivity index (χ2n) is 13.2. The number of rotatable bonds is 7. The van der Waals surface area contributed by atoms with E-state index in [2.05, 4.69) is 25.5 Å². The van der Waals surface area contributed by atoms with Gasteiger partial charge in [0.2, 0.25) is 0 Å². The van der Waals surface area contributed by atoms with Gasteiger partial charge >= 0.3 is 12.1 Å². The highest BCUT2D eigenvalue weighted by Crippen LogP contribution is 2.68. The zero-order chi connectivity index (χ0) is 24.7. The molecule has 5 heteroatoms. The lowest BCUT2D eigenvalue weighted by molar-refractivity contribution is -0.200. The summed E-state index contributed by atoms with van der Waals surface area (Å²) in [6.45, 7) is 9.41. The highest BCUT2D eigenvalue weighted by molar-refractivity contribution is 5.75. The molecule has 9 atom stereocenters. The second kappa shape index (κ2) is 9.96. The third kappa shape index (κ3) is 4.92. The first kappa shape index (κ1) is 26.3. The Hall–Kier alpha value is -0.740. The number of hydrogen-bond acceptors (Lipinski definition) is 2. The molecule has 0 radical (unpaired) electrons. The molecule has 2 nitrogen and oxygen atoms in total. The average Bonchev–Trinajstić information content (AvgIpc) is 3.13. The zero-order valence-electron chi connectivity index (χ0n) is 21.9. The molecule has 0 heterocycles. The number of hydrogen-bond donors (Lipinski definition) is 0. The molecule has 0 bridgehead atoms. The summed E-state index contributed by atoms with van der Waals surface area (Å²) in [4.78, 5) is 10.9. The Labute approximate surface area is 205 Å². The van der Waals surface area contributed by atoms with Gasteiger partial charge in [-0.25, -0.2) is 4.79 Å². The van der Waals surface area contributed by atoms with E-state index in [9.17, 15) is 18.0 Å². The molecule has 4 aliphatic carbocycles. The lowest BCUT2D eigenvalue weighted by Gasteiger charge is -2.61. The number of alkyl halides is 3. The van der Waals surface area contributed by atoms with Crippen LogP contribution in [0.15, 0.2) is 0 Å². The topological polar surface area (TPSA) is 26.3 Å². The van der Waals surface area contributed by atoms with Crippen molar-refractivity contribution in [3.63, 3.8) is 0 Å². The van der Waals surface area contributed by atoms with Crippen LogP contribution in [0.25, 0.3) is 0 Å². The van der Waals surface area contributed by atoms with Gasteiger partial charge in [-0.3, -0.25) is 0 Å². The first-order valence-corrected chi connectivity index (χ1v) is 14.2. The molecular weight excluding hydrogens is 437 g/mol. The summed E-state index contributed by atoms with van der Waals surface area (Å²) < 4.78 is 41.4. The standard InChI is InChI=1S/C29H47F3O2/c1-19(18-34-26(33)29(30,31)32)8-7-9-20(2)23-13-14-24-22-12-11-21-10-5-6-16-27(21,3)25(22)15-17-28(23,24)4/h19-25H,5-18H2,1-4H3/t19?,20-,21?,22+,23-,24+,25+,27+,28-/m1/s1. The lowest BCUT2D eigenvalue weighted by Crippen LogP contribution is -2.53. The van der Waals surface area contributed by atoms with Crippen LogP contribution < -0.4 is 0 Å². The Kier molecular flexibility index (Phi) is 7.71. The van der Waals surface area contributed by atoms with Crippen molar-refractivity contribution in [2.24, 2.45) is 52.3 Å². The maximum absolute atomic E-state index is 12.3. The zero-order valence-corrected chi connectivity index (χ0v) is 21.9. The van der Waals surface area contributed by atoms with Crippen LogP contribution in [0, 0.1) is 52.3 Å². The van der Waals surface area contributed by atoms with E-state index in [1.54, 1.807) is 0 Å². The molecule has 4 aliphatic rings. The van der Waals surface area contributed by atoms with Crippen molar-refractivity contribution < 1.29 is 22.7 Å². The molecule has 0 aromatic heterocycles. The van der Waals surface area contributed by atoms with E-state index >= 15 is 0 Å². The molecule has 2 unspecified atom stereocenters. The van der Waals surface area contributed by atoms with Crippen LogP contribution in [0.2, 0.25) is 0 Å². The second-order valence-corrected chi connectivity index (χ2v) is 13.2. The first-order valence-electron chi connectivity index (χ1n) is 14.2. The highest BCUT2D eigenvalue weighted by atomic mass is 19.4. The van der Waals surface area contributed by atoms with Gasteiger partial charge in [-0.15, -0.1) is 0 Å². The largest absolute Gasteiger partial charge is 0.490 e. The summed E-state index contributed by atoms with van der Waals surface area (Å²) in [6.07, 6.45) is 12.3. The SMILES string of the molecule is CC(CCC[C@@H](C)[C@H]1CC[C@H]2[C@@H]3CCC4CCCC[C@]4(C)[C@H]3CC[C@]12C)COC(=O)C(F)(F)F. The summed E-state index contributed by atoms with van der Waals surface area (Å²) in [5.74, 6) is 3.06. The number of ether oxygens (including phenoxy) is 1. The van der Waals surface area contributed by atoms with E-state index in [-0.39, 0.29) is 12.5 Å². The molecule has 0 saturated heterocycles. The monoisotopic (exact) mass is 484 g/mol. The quantitative estimate of drug-likeness (QED) is 0.338. The molecule has 0 spiro atoms. The minimum absolute atomic E-state index is 0.0349. The minimum Gasteiger partial charge on any atom is -0.459 e. The maximum atomic E-state index is 12.3. The molecule has 0 aromatic rings. The lowest BCUT2D eigenvalue weighted by atomic mass is 9.44. The van der Waals surface area contributed by atoms with Crippen LogP contribution >= 0.6 is 0 Å². The number of fused-ring (bicyclic) bond motifs is 5. The van der Waals surface area contributed by atoms with E-state index in [1.807, 2.05) is 6.92 Å². The predicted octanol–water partition coefficient (Wildman–Crippen LogP) is 8.58. The summed E-state index contributed by atoms with van der Waals surface area (Å²) in [5.41, 5.74) is 1.06. The van der Waals surface area contributed by atoms with Crippen molar-refractivity contribution in [2.45, 2.75) is 117 Å². The molecule has 0 N–H and O–H groups in total. The smallest absolute Gasteiger partial charge is 0.459 e. The fourth-order valence-corrected chi connectivity index (χ4v) is 9.64. The van der Waals surface area contributed by atoms with E-state index in [0.29, 0.717) is 16.7 Å². The molecule has 4 rings (SSSR count). The van der Waals surface area contributed by atoms with Crippen molar-refractivity contribution in [1.82, 2.24) is 0 Å². The fraction of sp³-hybridized carbons (Fsp3) is 0.966. The van der Waals surface area contributed by atoms with E-state index in [1.165, 1.54) is 64.2 Å². The minimum atomic E-state index is -4.89. The van der Waals surface area contributed by atoms with Gasteiger partial charge < -0.3 is 4.74 Å². The average molecular weight is 485 g/mol. The van der Waals surface area contributed by atoms with Gasteiger partial charge in [0.1, 0.15) is 0 Å². The Balaban J connectivity index is 1.29. The van der Waals surface area contributed by atoms with Crippen LogP contribution in [-0.4, -0.2) is 18.8 Å². The van der Waals surface area contributed by atoms with E-state index < -0.39 is 12.1 Å². The van der Waals surface area contributed by atoms with Crippen LogP contribution in [-0.2, 0) is 9.53 Å². The summed E-state index contributed by atoms with van der Waals surface area (Å²) in [5, 5.41) is 0. The Morgan fingerprint density at radius 2 is 1.65 bits per heavy atom. The molecule has 4 fully saturated rings. The van der Waals surface area contributed by atoms with Crippen molar-refractivity contribution in [3.8, 4) is 0 Å². The number of carbonyl (C=O) groups is 1. The molecule has 4 saturated carbocycles. The molecule has 0 amide bonds. The van der Waals surface area contributed by atoms with E-state index in [0.717, 1.165) is 48.9 Å². The third-order valence-electron chi connectivity index (χ3n) is 11.4. The van der Waals surface area contributed by atoms with Gasteiger partial charge in [0.15, 0.2) is 0 Å². The van der Waals surface area contributed by atoms with Crippen LogP contribution in [0.5, 0.6) is 0 Å². The molecule has 0 aromatic carbocycles. The van der Waals surface area contributed by atoms with Gasteiger partial charge in [-0.2, -0.15) is 13.2 Å². The Morgan fingerprint density at radius 3 is 2.38 bits per heavy atom. The van der Waals surface area contributed by atoms with Gasteiger partial charge in [-0.05, 0) is 110 Å². The molecule has 0 aliphatic heterocycles. The normalized spacial score (nSPS) is 41.7. The van der Waals surface area contributed by atoms with Gasteiger partial charge in [0.05, 0.1) is 6.61 Å². The van der Waals surface area contributed by atoms with Crippen molar-refractivity contribution >= 4 is 5.97 Å².